The fourth-order valence-corrected chi connectivity index (χ4v) is 1.96. The maximum Gasteiger partial charge on any atom is 0.251 e. The molecule has 0 aliphatic rings. The number of nitrogens with zero attached hydrogens (tertiary/aromatic N) is 1. The van der Waals surface area contributed by atoms with Crippen molar-refractivity contribution in [1.82, 2.24) is 9.97 Å². The highest BCUT2D eigenvalue weighted by atomic mass is 16.5. The zero-order valence-electron chi connectivity index (χ0n) is 13.2. The third-order valence-electron chi connectivity index (χ3n) is 2.95. The second-order valence-electron chi connectivity index (χ2n) is 6.42. The summed E-state index contributed by atoms with van der Waals surface area (Å²) in [6.45, 7) is 10.0. The Morgan fingerprint density at radius 2 is 1.90 bits per heavy atom. The first-order valence-electron chi connectivity index (χ1n) is 7.14. The fraction of sp³-hybridized carbons (Fsp3) is 0.412. The van der Waals surface area contributed by atoms with E-state index >= 15 is 0 Å². The van der Waals surface area contributed by atoms with Crippen LogP contribution < -0.4 is 10.3 Å². The minimum Gasteiger partial charge on any atom is -0.491 e. The molecule has 1 aromatic carbocycles. The quantitative estimate of drug-likeness (QED) is 0.939. The zero-order valence-corrected chi connectivity index (χ0v) is 13.2. The molecule has 0 spiro atoms. The Bertz CT molecular complexity index is 682. The third-order valence-corrected chi connectivity index (χ3v) is 2.95. The largest absolute Gasteiger partial charge is 0.491 e. The van der Waals surface area contributed by atoms with Crippen LogP contribution in [0.25, 0.3) is 11.3 Å². The number of rotatable bonds is 3. The first kappa shape index (κ1) is 15.3. The average molecular weight is 286 g/mol. The summed E-state index contributed by atoms with van der Waals surface area (Å²) in [6, 6.07) is 9.17. The molecule has 0 aliphatic carbocycles. The predicted octanol–water partition coefficient (Wildman–Crippen LogP) is 3.52. The lowest BCUT2D eigenvalue weighted by Gasteiger charge is -2.18. The Labute approximate surface area is 125 Å². The normalized spacial score (nSPS) is 11.7. The average Bonchev–Trinajstić information content (AvgIpc) is 2.36. The van der Waals surface area contributed by atoms with Gasteiger partial charge >= 0.3 is 0 Å². The van der Waals surface area contributed by atoms with Crippen molar-refractivity contribution >= 4 is 0 Å². The molecule has 4 heteroatoms. The number of hydrogen-bond acceptors (Lipinski definition) is 3. The molecule has 1 aromatic heterocycles. The highest BCUT2D eigenvalue weighted by Crippen LogP contribution is 2.24. The predicted molar refractivity (Wildman–Crippen MR) is 84.8 cm³/mol. The minimum atomic E-state index is -0.207. The van der Waals surface area contributed by atoms with Crippen LogP contribution in [0, 0.1) is 0 Å². The van der Waals surface area contributed by atoms with Gasteiger partial charge in [0.15, 0.2) is 0 Å². The van der Waals surface area contributed by atoms with E-state index in [1.165, 1.54) is 6.07 Å². The Morgan fingerprint density at radius 1 is 1.19 bits per heavy atom. The van der Waals surface area contributed by atoms with Gasteiger partial charge in [0, 0.05) is 17.0 Å². The monoisotopic (exact) mass is 286 g/mol. The number of ether oxygens (including phenoxy) is 1. The van der Waals surface area contributed by atoms with Crippen LogP contribution in [-0.4, -0.2) is 16.1 Å². The molecule has 0 bridgehead atoms. The lowest BCUT2D eigenvalue weighted by Crippen LogP contribution is -2.21. The van der Waals surface area contributed by atoms with Crippen LogP contribution in [-0.2, 0) is 5.41 Å². The van der Waals surface area contributed by atoms with E-state index in [9.17, 15) is 4.79 Å². The molecule has 0 amide bonds. The standard InChI is InChI=1S/C17H22N2O2/c1-11(2)21-13-8-6-7-12(9-13)14-10-15(20)19-16(18-14)17(3,4)5/h6-11H,1-5H3,(H,18,19,20). The van der Waals surface area contributed by atoms with Gasteiger partial charge in [-0.05, 0) is 26.0 Å². The van der Waals surface area contributed by atoms with Crippen molar-refractivity contribution in [3.63, 3.8) is 0 Å². The summed E-state index contributed by atoms with van der Waals surface area (Å²) < 4.78 is 5.69. The van der Waals surface area contributed by atoms with Crippen LogP contribution in [0.2, 0.25) is 0 Å². The molecule has 0 atom stereocenters. The summed E-state index contributed by atoms with van der Waals surface area (Å²) in [4.78, 5) is 19.3. The second kappa shape index (κ2) is 5.72. The highest BCUT2D eigenvalue weighted by Gasteiger charge is 2.18. The Hall–Kier alpha value is -2.10. The van der Waals surface area contributed by atoms with E-state index in [0.29, 0.717) is 11.5 Å². The minimum absolute atomic E-state index is 0.109. The van der Waals surface area contributed by atoms with E-state index in [0.717, 1.165) is 11.3 Å². The van der Waals surface area contributed by atoms with Gasteiger partial charge in [-0.1, -0.05) is 32.9 Å². The molecule has 4 nitrogen and oxygen atoms in total. The molecule has 0 unspecified atom stereocenters. The third kappa shape index (κ3) is 3.94. The molecule has 0 aliphatic heterocycles. The summed E-state index contributed by atoms with van der Waals surface area (Å²) in [6.07, 6.45) is 0.109. The number of aromatic nitrogens is 2. The molecule has 1 heterocycles. The zero-order chi connectivity index (χ0) is 15.6. The van der Waals surface area contributed by atoms with Gasteiger partial charge in [-0.2, -0.15) is 0 Å². The summed E-state index contributed by atoms with van der Waals surface area (Å²) in [5.74, 6) is 1.46. The molecular weight excluding hydrogens is 264 g/mol. The lowest BCUT2D eigenvalue weighted by molar-refractivity contribution is 0.242. The summed E-state index contributed by atoms with van der Waals surface area (Å²) in [5.41, 5.74) is 1.20. The lowest BCUT2D eigenvalue weighted by atomic mass is 9.95. The number of hydrogen-bond donors (Lipinski definition) is 1. The van der Waals surface area contributed by atoms with E-state index < -0.39 is 0 Å². The van der Waals surface area contributed by atoms with Crippen LogP contribution in [0.4, 0.5) is 0 Å². The van der Waals surface area contributed by atoms with Gasteiger partial charge in [0.05, 0.1) is 11.8 Å². The molecule has 21 heavy (non-hydrogen) atoms. The Kier molecular flexibility index (Phi) is 4.16. The molecule has 0 radical (unpaired) electrons. The second-order valence-corrected chi connectivity index (χ2v) is 6.42. The van der Waals surface area contributed by atoms with Gasteiger partial charge in [0.2, 0.25) is 0 Å². The Morgan fingerprint density at radius 3 is 2.52 bits per heavy atom. The van der Waals surface area contributed by atoms with E-state index in [-0.39, 0.29) is 17.1 Å². The van der Waals surface area contributed by atoms with E-state index in [1.807, 2.05) is 58.9 Å². The topological polar surface area (TPSA) is 55.0 Å². The van der Waals surface area contributed by atoms with Gasteiger partial charge in [-0.25, -0.2) is 4.98 Å². The van der Waals surface area contributed by atoms with Gasteiger partial charge < -0.3 is 9.72 Å². The van der Waals surface area contributed by atoms with E-state index in [2.05, 4.69) is 9.97 Å². The van der Waals surface area contributed by atoms with Gasteiger partial charge in [-0.15, -0.1) is 0 Å². The highest BCUT2D eigenvalue weighted by molar-refractivity contribution is 5.60. The number of H-pyrrole nitrogens is 1. The summed E-state index contributed by atoms with van der Waals surface area (Å²) >= 11 is 0. The van der Waals surface area contributed by atoms with Crippen molar-refractivity contribution in [1.29, 1.82) is 0 Å². The number of nitrogens with one attached hydrogen (secondary N) is 1. The number of benzene rings is 1. The SMILES string of the molecule is CC(C)Oc1cccc(-c2cc(=O)[nH]c(C(C)(C)C)n2)c1. The summed E-state index contributed by atoms with van der Waals surface area (Å²) in [5, 5.41) is 0. The molecule has 0 fully saturated rings. The fourth-order valence-electron chi connectivity index (χ4n) is 1.96. The summed E-state index contributed by atoms with van der Waals surface area (Å²) in [7, 11) is 0. The number of aromatic amines is 1. The van der Waals surface area contributed by atoms with E-state index in [4.69, 9.17) is 4.74 Å². The molecule has 2 rings (SSSR count). The van der Waals surface area contributed by atoms with Crippen LogP contribution >= 0.6 is 0 Å². The van der Waals surface area contributed by atoms with Crippen LogP contribution in [0.5, 0.6) is 5.75 Å². The van der Waals surface area contributed by atoms with Crippen molar-refractivity contribution in [2.45, 2.75) is 46.1 Å². The van der Waals surface area contributed by atoms with Crippen molar-refractivity contribution in [2.75, 3.05) is 0 Å². The van der Waals surface area contributed by atoms with Gasteiger partial charge in [0.25, 0.3) is 5.56 Å². The van der Waals surface area contributed by atoms with Crippen LogP contribution in [0.1, 0.15) is 40.4 Å². The van der Waals surface area contributed by atoms with Crippen molar-refractivity contribution in [3.8, 4) is 17.0 Å². The van der Waals surface area contributed by atoms with Gasteiger partial charge in [0.1, 0.15) is 11.6 Å². The smallest absolute Gasteiger partial charge is 0.251 e. The molecule has 112 valence electrons. The molecule has 0 saturated carbocycles. The van der Waals surface area contributed by atoms with Crippen molar-refractivity contribution in [2.24, 2.45) is 0 Å². The van der Waals surface area contributed by atoms with Crippen LogP contribution in [0.3, 0.4) is 0 Å². The van der Waals surface area contributed by atoms with Crippen LogP contribution in [0.15, 0.2) is 35.1 Å². The maximum absolute atomic E-state index is 11.9. The molecule has 1 N–H and O–H groups in total. The van der Waals surface area contributed by atoms with Crippen molar-refractivity contribution < 1.29 is 4.74 Å². The Balaban J connectivity index is 2.47. The molecule has 0 saturated heterocycles. The van der Waals surface area contributed by atoms with Crippen molar-refractivity contribution in [3.05, 3.63) is 46.5 Å². The molecular formula is C17H22N2O2. The molecule has 2 aromatic rings. The first-order valence-corrected chi connectivity index (χ1v) is 7.14. The van der Waals surface area contributed by atoms with Gasteiger partial charge in [-0.3, -0.25) is 4.79 Å². The van der Waals surface area contributed by atoms with E-state index in [1.54, 1.807) is 0 Å². The maximum atomic E-state index is 11.9. The first-order chi connectivity index (χ1) is 9.75.